The molecule has 3 heteroatoms. The molecule has 0 bridgehead atoms. The molecule has 1 radical (unpaired) electrons. The summed E-state index contributed by atoms with van der Waals surface area (Å²) < 4.78 is 0. The van der Waals surface area contributed by atoms with Gasteiger partial charge in [0.05, 0.1) is 0 Å². The molecule has 0 saturated heterocycles. The minimum Gasteiger partial charge on any atom is -0.304 e. The fourth-order valence-corrected chi connectivity index (χ4v) is 6.07. The van der Waals surface area contributed by atoms with Crippen molar-refractivity contribution < 1.29 is 20.1 Å². The van der Waals surface area contributed by atoms with Gasteiger partial charge >= 0.3 is 0 Å². The number of aryl methyl sites for hydroxylation is 6. The van der Waals surface area contributed by atoms with Crippen LogP contribution in [0, 0.1) is 24.3 Å². The molecule has 243 valence electrons. The third kappa shape index (κ3) is 9.36. The first-order chi connectivity index (χ1) is 23.7. The van der Waals surface area contributed by atoms with E-state index in [9.17, 15) is 0 Å². The summed E-state index contributed by atoms with van der Waals surface area (Å²) in [5, 5.41) is 0. The Kier molecular flexibility index (Phi) is 11.7. The van der Waals surface area contributed by atoms with Crippen molar-refractivity contribution in [3.63, 3.8) is 0 Å². The van der Waals surface area contributed by atoms with Crippen LogP contribution in [0.1, 0.15) is 33.5 Å². The topological polar surface area (TPSA) is 25.8 Å². The molecule has 2 nitrogen and oxygen atoms in total. The van der Waals surface area contributed by atoms with Gasteiger partial charge in [-0.25, -0.2) is 11.1 Å². The van der Waals surface area contributed by atoms with Gasteiger partial charge in [0.25, 0.3) is 0 Å². The van der Waals surface area contributed by atoms with Crippen LogP contribution in [-0.2, 0) is 58.6 Å². The van der Waals surface area contributed by atoms with Crippen molar-refractivity contribution in [3.05, 3.63) is 203 Å². The molecule has 2 heterocycles. The van der Waals surface area contributed by atoms with Gasteiger partial charge in [-0.05, 0) is 71.8 Å². The summed E-state index contributed by atoms with van der Waals surface area (Å²) in [6.07, 6.45) is 7.70. The van der Waals surface area contributed by atoms with Crippen molar-refractivity contribution >= 4 is 0 Å². The van der Waals surface area contributed by atoms with Crippen LogP contribution in [0.4, 0.5) is 0 Å². The first-order valence-electron chi connectivity index (χ1n) is 16.7. The Labute approximate surface area is 304 Å². The van der Waals surface area contributed by atoms with Gasteiger partial charge in [-0.2, -0.15) is 48.5 Å². The molecule has 7 aromatic rings. The van der Waals surface area contributed by atoms with E-state index in [-0.39, 0.29) is 20.1 Å². The van der Waals surface area contributed by atoms with Crippen LogP contribution in [0.2, 0.25) is 0 Å². The molecule has 0 unspecified atom stereocenters. The molecule has 0 N–H and O–H groups in total. The van der Waals surface area contributed by atoms with E-state index >= 15 is 0 Å². The first kappa shape index (κ1) is 33.9. The van der Waals surface area contributed by atoms with Crippen LogP contribution in [0.15, 0.2) is 146 Å². The zero-order valence-corrected chi connectivity index (χ0v) is 29.7. The van der Waals surface area contributed by atoms with E-state index in [1.807, 2.05) is 60.8 Å². The summed E-state index contributed by atoms with van der Waals surface area (Å²) in [6.45, 7) is 0. The van der Waals surface area contributed by atoms with E-state index in [2.05, 4.69) is 109 Å². The quantitative estimate of drug-likeness (QED) is 0.115. The number of pyridine rings is 2. The van der Waals surface area contributed by atoms with Crippen LogP contribution in [-0.4, -0.2) is 9.97 Å². The van der Waals surface area contributed by atoms with Gasteiger partial charge in [-0.15, -0.1) is 83.4 Å². The zero-order valence-electron chi connectivity index (χ0n) is 27.3. The van der Waals surface area contributed by atoms with Crippen molar-refractivity contribution in [2.45, 2.75) is 38.5 Å². The monoisotopic (exact) mass is 809 g/mol. The Hall–Kier alpha value is -4.95. The molecule has 0 aliphatic rings. The maximum Gasteiger partial charge on any atom is 0.0300 e. The smallest absolute Gasteiger partial charge is 0.0300 e. The summed E-state index contributed by atoms with van der Waals surface area (Å²) >= 11 is 0. The maximum absolute atomic E-state index is 4.97. The van der Waals surface area contributed by atoms with Crippen LogP contribution >= 0.6 is 0 Å². The van der Waals surface area contributed by atoms with Crippen molar-refractivity contribution in [3.8, 4) is 33.6 Å². The molecule has 2 aromatic heterocycles. The van der Waals surface area contributed by atoms with Crippen molar-refractivity contribution in [2.24, 2.45) is 0 Å². The first-order valence-corrected chi connectivity index (χ1v) is 16.7. The number of benzene rings is 5. The van der Waals surface area contributed by atoms with Crippen LogP contribution in [0.3, 0.4) is 0 Å². The minimum atomic E-state index is 0. The predicted molar refractivity (Wildman–Crippen MR) is 195 cm³/mol. The van der Waals surface area contributed by atoms with Gasteiger partial charge in [-0.1, -0.05) is 48.9 Å². The molecule has 5 aromatic carbocycles. The average molecular weight is 809 g/mol. The molecule has 49 heavy (non-hydrogen) atoms. The Morgan fingerprint density at radius 3 is 1.53 bits per heavy atom. The molecule has 0 amide bonds. The molecular weight excluding hydrogens is 773 g/mol. The fraction of sp³-hybridized carbons (Fsp3) is 0.130. The number of aromatic nitrogens is 2. The molecule has 0 fully saturated rings. The van der Waals surface area contributed by atoms with E-state index in [4.69, 9.17) is 9.97 Å². The van der Waals surface area contributed by atoms with E-state index in [0.717, 1.165) is 77.9 Å². The summed E-state index contributed by atoms with van der Waals surface area (Å²) in [5.41, 5.74) is 13.9. The Bertz CT molecular complexity index is 1930. The Balaban J connectivity index is 0.00000417. The third-order valence-corrected chi connectivity index (χ3v) is 8.66. The maximum atomic E-state index is 4.97. The zero-order chi connectivity index (χ0) is 32.4. The molecule has 0 saturated carbocycles. The van der Waals surface area contributed by atoms with E-state index in [0.29, 0.717) is 0 Å². The second-order valence-electron chi connectivity index (χ2n) is 12.2. The van der Waals surface area contributed by atoms with Crippen LogP contribution in [0.5, 0.6) is 0 Å². The minimum absolute atomic E-state index is 0. The number of nitrogens with zero attached hydrogens (tertiary/aromatic N) is 2. The molecule has 0 aliphatic heterocycles. The third-order valence-electron chi connectivity index (χ3n) is 8.66. The summed E-state index contributed by atoms with van der Waals surface area (Å²) in [6, 6.07) is 61.7. The number of hydrogen-bond acceptors (Lipinski definition) is 2. The largest absolute Gasteiger partial charge is 0.304 e. The molecular formula is C46H36IrN2-4. The van der Waals surface area contributed by atoms with Crippen LogP contribution < -0.4 is 0 Å². The molecule has 0 atom stereocenters. The second kappa shape index (κ2) is 16.9. The summed E-state index contributed by atoms with van der Waals surface area (Å²) in [7, 11) is 0. The van der Waals surface area contributed by atoms with Gasteiger partial charge in [0, 0.05) is 32.0 Å². The van der Waals surface area contributed by atoms with Gasteiger partial charge in [-0.3, -0.25) is 0 Å². The predicted octanol–water partition coefficient (Wildman–Crippen LogP) is 10.0. The number of hydrogen-bond donors (Lipinski definition) is 0. The van der Waals surface area contributed by atoms with Gasteiger partial charge in [0.15, 0.2) is 0 Å². The Morgan fingerprint density at radius 2 is 0.959 bits per heavy atom. The summed E-state index contributed by atoms with van der Waals surface area (Å²) in [4.78, 5) is 9.70. The van der Waals surface area contributed by atoms with E-state index < -0.39 is 0 Å². The van der Waals surface area contributed by atoms with Gasteiger partial charge < -0.3 is 9.97 Å². The standard InChI is InChI=1S/C46H36N2.Ir/c1-4-11-40(12-5-1)41-27-23-35(24-28-41)19-21-37-31-38(22-20-36-26-30-45(47-34-36)42-13-6-2-7-14-42)33-39(32-37)25-29-44-17-10-18-46(48-44)43-15-8-3-9-16-43;/h1-11,13,15,17-18,23-24,26-27,30-34H,19-22,25,29H2;/q-4;. The fourth-order valence-electron chi connectivity index (χ4n) is 6.07. The van der Waals surface area contributed by atoms with Crippen molar-refractivity contribution in [1.82, 2.24) is 9.97 Å². The molecule has 0 spiro atoms. The van der Waals surface area contributed by atoms with Gasteiger partial charge in [0.1, 0.15) is 0 Å². The Morgan fingerprint density at radius 1 is 0.408 bits per heavy atom. The van der Waals surface area contributed by atoms with Crippen molar-refractivity contribution in [2.75, 3.05) is 0 Å². The normalized spacial score (nSPS) is 10.8. The molecule has 7 rings (SSSR count). The number of rotatable bonds is 12. The van der Waals surface area contributed by atoms with Crippen LogP contribution in [0.25, 0.3) is 33.6 Å². The van der Waals surface area contributed by atoms with E-state index in [1.165, 1.54) is 27.8 Å². The van der Waals surface area contributed by atoms with Crippen molar-refractivity contribution in [1.29, 1.82) is 0 Å². The SMILES string of the molecule is [Ir].[c-]1ccccc1-c1[c-]cc(CCc2cc(CCc3ccc(-c4[c-]cccc4)nc3)cc(CCc3cccc(-c4[c-]cccc4)n3)c2)cc1. The summed E-state index contributed by atoms with van der Waals surface area (Å²) in [5.74, 6) is 0. The van der Waals surface area contributed by atoms with Gasteiger partial charge in [0.2, 0.25) is 0 Å². The average Bonchev–Trinajstić information content (AvgIpc) is 3.17. The van der Waals surface area contributed by atoms with E-state index in [1.54, 1.807) is 0 Å². The second-order valence-corrected chi connectivity index (χ2v) is 12.2. The molecule has 0 aliphatic carbocycles.